The third-order valence-corrected chi connectivity index (χ3v) is 3.39. The Morgan fingerprint density at radius 3 is 2.55 bits per heavy atom. The molecule has 1 fully saturated rings. The van der Waals surface area contributed by atoms with Crippen LogP contribution in [0.25, 0.3) is 0 Å². The minimum Gasteiger partial charge on any atom is -0.396 e. The van der Waals surface area contributed by atoms with Crippen LogP contribution in [0.15, 0.2) is 6.07 Å². The molecule has 0 amide bonds. The van der Waals surface area contributed by atoms with E-state index in [1.807, 2.05) is 5.43 Å². The number of nitrogens with one attached hydrogen (secondary N) is 2. The van der Waals surface area contributed by atoms with Gasteiger partial charge in [0.2, 0.25) is 5.95 Å². The molecule has 0 spiro atoms. The zero-order valence-corrected chi connectivity index (χ0v) is 10.7. The zero-order chi connectivity index (χ0) is 14.8. The fourth-order valence-corrected chi connectivity index (χ4v) is 1.95. The lowest BCUT2D eigenvalue weighted by molar-refractivity contribution is -0.141. The highest BCUT2D eigenvalue weighted by molar-refractivity contribution is 5.43. The van der Waals surface area contributed by atoms with Crippen LogP contribution in [0.3, 0.4) is 0 Å². The SMILES string of the molecule is NNc1nc(NCC2(CCO)CC2)cc(C(F)(F)F)n1. The molecule has 1 aromatic heterocycles. The van der Waals surface area contributed by atoms with Crippen LogP contribution < -0.4 is 16.6 Å². The first kappa shape index (κ1) is 14.8. The molecule has 1 aliphatic carbocycles. The number of nitrogen functional groups attached to an aromatic ring is 1. The Hall–Kier alpha value is -1.61. The van der Waals surface area contributed by atoms with Crippen LogP contribution in [0.2, 0.25) is 0 Å². The van der Waals surface area contributed by atoms with Crippen molar-refractivity contribution in [1.29, 1.82) is 0 Å². The normalized spacial score (nSPS) is 16.9. The monoisotopic (exact) mass is 291 g/mol. The largest absolute Gasteiger partial charge is 0.433 e. The molecule has 6 nitrogen and oxygen atoms in total. The molecule has 1 aromatic rings. The van der Waals surface area contributed by atoms with E-state index in [2.05, 4.69) is 15.3 Å². The minimum atomic E-state index is -4.56. The van der Waals surface area contributed by atoms with Crippen molar-refractivity contribution in [3.8, 4) is 0 Å². The molecule has 0 bridgehead atoms. The first-order valence-corrected chi connectivity index (χ1v) is 6.16. The molecule has 0 aliphatic heterocycles. The van der Waals surface area contributed by atoms with E-state index in [0.717, 1.165) is 18.9 Å². The van der Waals surface area contributed by atoms with E-state index in [4.69, 9.17) is 10.9 Å². The number of hydrazine groups is 1. The third-order valence-electron chi connectivity index (χ3n) is 3.39. The number of alkyl halides is 3. The number of nitrogens with zero attached hydrogens (tertiary/aromatic N) is 2. The molecule has 1 heterocycles. The zero-order valence-electron chi connectivity index (χ0n) is 10.7. The molecule has 0 aromatic carbocycles. The standard InChI is InChI=1S/C11H16F3N5O/c12-11(13,14)7-5-8(18-9(17-7)19-15)16-6-10(1-2-10)3-4-20/h5,20H,1-4,6,15H2,(H2,16,17,18,19). The lowest BCUT2D eigenvalue weighted by atomic mass is 10.0. The van der Waals surface area contributed by atoms with E-state index >= 15 is 0 Å². The Bertz CT molecular complexity index is 476. The van der Waals surface area contributed by atoms with E-state index in [-0.39, 0.29) is 23.8 Å². The summed E-state index contributed by atoms with van der Waals surface area (Å²) >= 11 is 0. The first-order valence-electron chi connectivity index (χ1n) is 6.16. The van der Waals surface area contributed by atoms with E-state index in [9.17, 15) is 13.2 Å². The maximum atomic E-state index is 12.7. The topological polar surface area (TPSA) is 96.1 Å². The average Bonchev–Trinajstić information content (AvgIpc) is 3.16. The molecule has 1 aliphatic rings. The van der Waals surface area contributed by atoms with Crippen LogP contribution >= 0.6 is 0 Å². The van der Waals surface area contributed by atoms with Crippen molar-refractivity contribution in [1.82, 2.24) is 9.97 Å². The highest BCUT2D eigenvalue weighted by Crippen LogP contribution is 2.48. The van der Waals surface area contributed by atoms with Gasteiger partial charge >= 0.3 is 6.18 Å². The fourth-order valence-electron chi connectivity index (χ4n) is 1.95. The van der Waals surface area contributed by atoms with Gasteiger partial charge in [-0.1, -0.05) is 0 Å². The van der Waals surface area contributed by atoms with Crippen LogP contribution in [0.1, 0.15) is 25.0 Å². The summed E-state index contributed by atoms with van der Waals surface area (Å²) in [6.07, 6.45) is -2.05. The van der Waals surface area contributed by atoms with Gasteiger partial charge in [0, 0.05) is 19.2 Å². The summed E-state index contributed by atoms with van der Waals surface area (Å²) in [6, 6.07) is 0.843. The molecule has 0 radical (unpaired) electrons. The van der Waals surface area contributed by atoms with Gasteiger partial charge in [-0.15, -0.1) is 0 Å². The Morgan fingerprint density at radius 1 is 1.35 bits per heavy atom. The molecular formula is C11H16F3N5O. The third kappa shape index (κ3) is 3.48. The molecule has 112 valence electrons. The maximum absolute atomic E-state index is 12.7. The summed E-state index contributed by atoms with van der Waals surface area (Å²) in [5.41, 5.74) is 0.922. The molecule has 0 saturated heterocycles. The molecule has 1 saturated carbocycles. The van der Waals surface area contributed by atoms with E-state index in [1.54, 1.807) is 0 Å². The van der Waals surface area contributed by atoms with Crippen molar-refractivity contribution in [3.63, 3.8) is 0 Å². The van der Waals surface area contributed by atoms with E-state index in [0.29, 0.717) is 13.0 Å². The van der Waals surface area contributed by atoms with Crippen LogP contribution in [0.5, 0.6) is 0 Å². The molecular weight excluding hydrogens is 275 g/mol. The van der Waals surface area contributed by atoms with Crippen molar-refractivity contribution in [2.45, 2.75) is 25.4 Å². The summed E-state index contributed by atoms with van der Waals surface area (Å²) < 4.78 is 38.0. The van der Waals surface area contributed by atoms with Gasteiger partial charge in [0.15, 0.2) is 5.69 Å². The average molecular weight is 291 g/mol. The number of hydrogen-bond acceptors (Lipinski definition) is 6. The summed E-state index contributed by atoms with van der Waals surface area (Å²) in [7, 11) is 0. The number of nitrogens with two attached hydrogens (primary N) is 1. The maximum Gasteiger partial charge on any atom is 0.433 e. The van der Waals surface area contributed by atoms with Gasteiger partial charge in [-0.2, -0.15) is 18.2 Å². The summed E-state index contributed by atoms with van der Waals surface area (Å²) in [6.45, 7) is 0.529. The molecule has 2 rings (SSSR count). The van der Waals surface area contributed by atoms with Gasteiger partial charge < -0.3 is 10.4 Å². The molecule has 5 N–H and O–H groups in total. The number of aliphatic hydroxyl groups is 1. The Balaban J connectivity index is 2.11. The first-order chi connectivity index (χ1) is 9.38. The van der Waals surface area contributed by atoms with Crippen molar-refractivity contribution < 1.29 is 18.3 Å². The second kappa shape index (κ2) is 5.41. The number of halogens is 3. The predicted molar refractivity (Wildman–Crippen MR) is 66.7 cm³/mol. The van der Waals surface area contributed by atoms with Gasteiger partial charge in [-0.05, 0) is 24.7 Å². The van der Waals surface area contributed by atoms with Crippen molar-refractivity contribution in [2.24, 2.45) is 11.3 Å². The van der Waals surface area contributed by atoms with Gasteiger partial charge in [-0.25, -0.2) is 10.8 Å². The van der Waals surface area contributed by atoms with E-state index in [1.165, 1.54) is 0 Å². The highest BCUT2D eigenvalue weighted by atomic mass is 19.4. The van der Waals surface area contributed by atoms with Crippen LogP contribution in [-0.4, -0.2) is 28.2 Å². The second-order valence-corrected chi connectivity index (χ2v) is 4.93. The van der Waals surface area contributed by atoms with Gasteiger partial charge in [0.05, 0.1) is 0 Å². The number of aromatic nitrogens is 2. The lowest BCUT2D eigenvalue weighted by Crippen LogP contribution is -2.20. The smallest absolute Gasteiger partial charge is 0.396 e. The summed E-state index contributed by atoms with van der Waals surface area (Å²) in [5, 5.41) is 11.8. The second-order valence-electron chi connectivity index (χ2n) is 4.93. The van der Waals surface area contributed by atoms with Crippen molar-refractivity contribution in [2.75, 3.05) is 23.9 Å². The Kier molecular flexibility index (Phi) is 4.00. The number of rotatable bonds is 6. The Morgan fingerprint density at radius 2 is 2.05 bits per heavy atom. The molecule has 0 atom stereocenters. The van der Waals surface area contributed by atoms with Crippen LogP contribution in [0.4, 0.5) is 24.9 Å². The van der Waals surface area contributed by atoms with Crippen molar-refractivity contribution >= 4 is 11.8 Å². The molecule has 9 heteroatoms. The van der Waals surface area contributed by atoms with Gasteiger partial charge in [-0.3, -0.25) is 5.43 Å². The predicted octanol–water partition coefficient (Wildman–Crippen LogP) is 1.36. The van der Waals surface area contributed by atoms with Gasteiger partial charge in [0.1, 0.15) is 5.82 Å². The lowest BCUT2D eigenvalue weighted by Gasteiger charge is -2.16. The molecule has 20 heavy (non-hydrogen) atoms. The van der Waals surface area contributed by atoms with Crippen LogP contribution in [-0.2, 0) is 6.18 Å². The summed E-state index contributed by atoms with van der Waals surface area (Å²) in [4.78, 5) is 7.10. The van der Waals surface area contributed by atoms with Gasteiger partial charge in [0.25, 0.3) is 0 Å². The van der Waals surface area contributed by atoms with Crippen molar-refractivity contribution in [3.05, 3.63) is 11.8 Å². The molecule has 0 unspecified atom stereocenters. The quantitative estimate of drug-likeness (QED) is 0.467. The number of hydrogen-bond donors (Lipinski definition) is 4. The summed E-state index contributed by atoms with van der Waals surface area (Å²) in [5.74, 6) is 4.83. The number of anilines is 2. The van der Waals surface area contributed by atoms with E-state index < -0.39 is 11.9 Å². The Labute approximate surface area is 113 Å². The highest BCUT2D eigenvalue weighted by Gasteiger charge is 2.41. The number of aliphatic hydroxyl groups excluding tert-OH is 1. The van der Waals surface area contributed by atoms with Crippen LogP contribution in [0, 0.1) is 5.41 Å². The fraction of sp³-hybridized carbons (Fsp3) is 0.636. The minimum absolute atomic E-state index is 0.0333.